The van der Waals surface area contributed by atoms with Gasteiger partial charge in [0.15, 0.2) is 0 Å². The largest absolute Gasteiger partial charge is 0.476 e. The van der Waals surface area contributed by atoms with Crippen LogP contribution in [0.15, 0.2) is 42.6 Å². The second kappa shape index (κ2) is 6.05. The van der Waals surface area contributed by atoms with E-state index in [1.54, 1.807) is 6.20 Å². The van der Waals surface area contributed by atoms with Gasteiger partial charge in [-0.15, -0.1) is 0 Å². The van der Waals surface area contributed by atoms with Crippen LogP contribution in [0.4, 0.5) is 5.69 Å². The number of aryl methyl sites for hydroxylation is 1. The third-order valence-electron chi connectivity index (χ3n) is 2.78. The van der Waals surface area contributed by atoms with Gasteiger partial charge in [0, 0.05) is 12.7 Å². The summed E-state index contributed by atoms with van der Waals surface area (Å²) in [5.41, 5.74) is 3.50. The van der Waals surface area contributed by atoms with Crippen molar-refractivity contribution in [1.82, 2.24) is 4.98 Å². The zero-order valence-corrected chi connectivity index (χ0v) is 10.8. The van der Waals surface area contributed by atoms with Gasteiger partial charge in [0.1, 0.15) is 0 Å². The van der Waals surface area contributed by atoms with E-state index >= 15 is 0 Å². The van der Waals surface area contributed by atoms with Gasteiger partial charge in [0.05, 0.1) is 12.3 Å². The summed E-state index contributed by atoms with van der Waals surface area (Å²) in [4.78, 5) is 4.22. The molecule has 0 aliphatic carbocycles. The molecule has 0 atom stereocenters. The summed E-state index contributed by atoms with van der Waals surface area (Å²) in [6.07, 6.45) is 1.74. The average molecular weight is 242 g/mol. The zero-order valence-electron chi connectivity index (χ0n) is 10.8. The molecule has 0 bridgehead atoms. The molecule has 1 heterocycles. The van der Waals surface area contributed by atoms with Crippen LogP contribution >= 0.6 is 0 Å². The summed E-state index contributed by atoms with van der Waals surface area (Å²) in [6, 6.07) is 12.2. The maximum absolute atomic E-state index is 5.48. The highest BCUT2D eigenvalue weighted by molar-refractivity contribution is 5.52. The molecule has 0 aliphatic heterocycles. The SMILES string of the molecule is CCOc1ncccc1NCc1ccccc1C. The highest BCUT2D eigenvalue weighted by Gasteiger charge is 2.04. The van der Waals surface area contributed by atoms with Crippen LogP contribution in [0.25, 0.3) is 0 Å². The van der Waals surface area contributed by atoms with Crippen molar-refractivity contribution in [3.05, 3.63) is 53.7 Å². The van der Waals surface area contributed by atoms with Crippen molar-refractivity contribution in [2.45, 2.75) is 20.4 Å². The van der Waals surface area contributed by atoms with Crippen molar-refractivity contribution in [2.24, 2.45) is 0 Å². The quantitative estimate of drug-likeness (QED) is 0.872. The molecule has 0 fully saturated rings. The van der Waals surface area contributed by atoms with Crippen molar-refractivity contribution >= 4 is 5.69 Å². The van der Waals surface area contributed by atoms with E-state index in [1.807, 2.05) is 19.1 Å². The van der Waals surface area contributed by atoms with Gasteiger partial charge in [-0.05, 0) is 37.1 Å². The molecule has 94 valence electrons. The first-order valence-corrected chi connectivity index (χ1v) is 6.17. The third-order valence-corrected chi connectivity index (χ3v) is 2.78. The van der Waals surface area contributed by atoms with E-state index in [1.165, 1.54) is 11.1 Å². The lowest BCUT2D eigenvalue weighted by molar-refractivity contribution is 0.328. The van der Waals surface area contributed by atoms with E-state index in [0.29, 0.717) is 12.5 Å². The highest BCUT2D eigenvalue weighted by Crippen LogP contribution is 2.21. The number of ether oxygens (including phenoxy) is 1. The van der Waals surface area contributed by atoms with E-state index in [9.17, 15) is 0 Å². The standard InChI is InChI=1S/C15H18N2O/c1-3-18-15-14(9-6-10-16-15)17-11-13-8-5-4-7-12(13)2/h4-10,17H,3,11H2,1-2H3. The summed E-state index contributed by atoms with van der Waals surface area (Å²) in [6.45, 7) is 5.47. The van der Waals surface area contributed by atoms with Gasteiger partial charge < -0.3 is 10.1 Å². The van der Waals surface area contributed by atoms with Gasteiger partial charge in [-0.25, -0.2) is 4.98 Å². The first-order chi connectivity index (χ1) is 8.81. The highest BCUT2D eigenvalue weighted by atomic mass is 16.5. The Morgan fingerprint density at radius 3 is 2.78 bits per heavy atom. The lowest BCUT2D eigenvalue weighted by atomic mass is 10.1. The number of nitrogens with one attached hydrogen (secondary N) is 1. The number of hydrogen-bond acceptors (Lipinski definition) is 3. The summed E-state index contributed by atoms with van der Waals surface area (Å²) >= 11 is 0. The van der Waals surface area contributed by atoms with Crippen LogP contribution in [-0.2, 0) is 6.54 Å². The zero-order chi connectivity index (χ0) is 12.8. The van der Waals surface area contributed by atoms with Gasteiger partial charge in [0.25, 0.3) is 0 Å². The molecule has 0 saturated heterocycles. The molecule has 1 aromatic heterocycles. The van der Waals surface area contributed by atoms with Gasteiger partial charge >= 0.3 is 0 Å². The Morgan fingerprint density at radius 2 is 2.00 bits per heavy atom. The molecule has 0 aliphatic rings. The van der Waals surface area contributed by atoms with Gasteiger partial charge in [-0.2, -0.15) is 0 Å². The van der Waals surface area contributed by atoms with Crippen LogP contribution in [0.2, 0.25) is 0 Å². The number of anilines is 1. The van der Waals surface area contributed by atoms with Crippen molar-refractivity contribution in [2.75, 3.05) is 11.9 Å². The Bertz CT molecular complexity index is 511. The molecule has 0 amide bonds. The second-order valence-corrected chi connectivity index (χ2v) is 4.07. The van der Waals surface area contributed by atoms with E-state index in [-0.39, 0.29) is 0 Å². The lowest BCUT2D eigenvalue weighted by Crippen LogP contribution is -2.04. The van der Waals surface area contributed by atoms with E-state index in [2.05, 4.69) is 41.5 Å². The Labute approximate surface area is 108 Å². The number of aromatic nitrogens is 1. The van der Waals surface area contributed by atoms with Crippen LogP contribution in [0.5, 0.6) is 5.88 Å². The van der Waals surface area contributed by atoms with Crippen LogP contribution in [-0.4, -0.2) is 11.6 Å². The van der Waals surface area contributed by atoms with Crippen LogP contribution < -0.4 is 10.1 Å². The van der Waals surface area contributed by atoms with Gasteiger partial charge in [-0.1, -0.05) is 24.3 Å². The maximum Gasteiger partial charge on any atom is 0.237 e. The summed E-state index contributed by atoms with van der Waals surface area (Å²) in [5.74, 6) is 0.661. The third kappa shape index (κ3) is 3.00. The summed E-state index contributed by atoms with van der Waals surface area (Å²) in [5, 5.41) is 3.37. The van der Waals surface area contributed by atoms with Crippen LogP contribution in [0, 0.1) is 6.92 Å². The minimum Gasteiger partial charge on any atom is -0.476 e. The molecule has 2 rings (SSSR count). The van der Waals surface area contributed by atoms with Crippen molar-refractivity contribution in [3.8, 4) is 5.88 Å². The molecule has 0 unspecified atom stereocenters. The van der Waals surface area contributed by atoms with Crippen LogP contribution in [0.1, 0.15) is 18.1 Å². The molecule has 1 N–H and O–H groups in total. The molecule has 0 radical (unpaired) electrons. The van der Waals surface area contributed by atoms with Crippen molar-refractivity contribution < 1.29 is 4.74 Å². The Morgan fingerprint density at radius 1 is 1.17 bits per heavy atom. The van der Waals surface area contributed by atoms with Crippen LogP contribution in [0.3, 0.4) is 0 Å². The second-order valence-electron chi connectivity index (χ2n) is 4.07. The first kappa shape index (κ1) is 12.4. The molecular formula is C15H18N2O. The van der Waals surface area contributed by atoms with Crippen molar-refractivity contribution in [3.63, 3.8) is 0 Å². The number of nitrogens with zero attached hydrogens (tertiary/aromatic N) is 1. The molecular weight excluding hydrogens is 224 g/mol. The lowest BCUT2D eigenvalue weighted by Gasteiger charge is -2.12. The fraction of sp³-hybridized carbons (Fsp3) is 0.267. The number of benzene rings is 1. The van der Waals surface area contributed by atoms with E-state index in [4.69, 9.17) is 4.74 Å². The minimum absolute atomic E-state index is 0.621. The predicted molar refractivity (Wildman–Crippen MR) is 73.9 cm³/mol. The molecule has 3 nitrogen and oxygen atoms in total. The fourth-order valence-corrected chi connectivity index (χ4v) is 1.78. The fourth-order valence-electron chi connectivity index (χ4n) is 1.78. The smallest absolute Gasteiger partial charge is 0.237 e. The molecule has 0 saturated carbocycles. The Balaban J connectivity index is 2.08. The van der Waals surface area contributed by atoms with E-state index < -0.39 is 0 Å². The topological polar surface area (TPSA) is 34.1 Å². The van der Waals surface area contributed by atoms with E-state index in [0.717, 1.165) is 12.2 Å². The number of pyridine rings is 1. The molecule has 3 heteroatoms. The molecule has 18 heavy (non-hydrogen) atoms. The van der Waals surface area contributed by atoms with Gasteiger partial charge in [-0.3, -0.25) is 0 Å². The maximum atomic E-state index is 5.48. The monoisotopic (exact) mass is 242 g/mol. The Kier molecular flexibility index (Phi) is 4.18. The normalized spacial score (nSPS) is 10.1. The summed E-state index contributed by atoms with van der Waals surface area (Å²) < 4.78 is 5.48. The number of hydrogen-bond donors (Lipinski definition) is 1. The number of rotatable bonds is 5. The summed E-state index contributed by atoms with van der Waals surface area (Å²) in [7, 11) is 0. The Hall–Kier alpha value is -2.03. The predicted octanol–water partition coefficient (Wildman–Crippen LogP) is 3.40. The van der Waals surface area contributed by atoms with Gasteiger partial charge in [0.2, 0.25) is 5.88 Å². The first-order valence-electron chi connectivity index (χ1n) is 6.17. The van der Waals surface area contributed by atoms with Crippen molar-refractivity contribution in [1.29, 1.82) is 0 Å². The molecule has 2 aromatic rings. The average Bonchev–Trinajstić information content (AvgIpc) is 2.40. The minimum atomic E-state index is 0.621. The molecule has 0 spiro atoms. The molecule has 1 aromatic carbocycles.